The van der Waals surface area contributed by atoms with E-state index in [2.05, 4.69) is 11.9 Å². The summed E-state index contributed by atoms with van der Waals surface area (Å²) < 4.78 is 16.7. The number of anilines is 1. The van der Waals surface area contributed by atoms with Crippen molar-refractivity contribution in [3.63, 3.8) is 0 Å². The van der Waals surface area contributed by atoms with Crippen LogP contribution < -0.4 is 24.4 Å². The van der Waals surface area contributed by atoms with E-state index in [0.29, 0.717) is 48.3 Å². The molecule has 172 valence electrons. The molecule has 3 rings (SSSR count). The van der Waals surface area contributed by atoms with Crippen LogP contribution in [0, 0.1) is 0 Å². The van der Waals surface area contributed by atoms with Crippen molar-refractivity contribution in [3.05, 3.63) is 66.3 Å². The fourth-order valence-electron chi connectivity index (χ4n) is 3.12. The number of imide groups is 2. The second kappa shape index (κ2) is 11.0. The highest BCUT2D eigenvalue weighted by atomic mass is 16.5. The van der Waals surface area contributed by atoms with Gasteiger partial charge >= 0.3 is 6.03 Å². The zero-order valence-electron chi connectivity index (χ0n) is 18.6. The summed E-state index contributed by atoms with van der Waals surface area (Å²) in [5, 5.41) is 2.22. The van der Waals surface area contributed by atoms with Crippen molar-refractivity contribution < 1.29 is 28.6 Å². The third kappa shape index (κ3) is 5.60. The van der Waals surface area contributed by atoms with Crippen LogP contribution in [0.25, 0.3) is 6.08 Å². The minimum atomic E-state index is -0.812. The molecule has 0 aliphatic carbocycles. The first kappa shape index (κ1) is 23.6. The molecule has 0 unspecified atom stereocenters. The van der Waals surface area contributed by atoms with Gasteiger partial charge in [0.15, 0.2) is 11.5 Å². The van der Waals surface area contributed by atoms with Crippen LogP contribution in [0.3, 0.4) is 0 Å². The van der Waals surface area contributed by atoms with Gasteiger partial charge in [0.05, 0.1) is 18.9 Å². The second-order valence-electron chi connectivity index (χ2n) is 7.04. The molecular formula is C25H26N2O6. The zero-order chi connectivity index (χ0) is 23.8. The molecule has 2 aromatic rings. The van der Waals surface area contributed by atoms with Crippen LogP contribution in [0.2, 0.25) is 0 Å². The number of carbonyl (C=O) groups is 3. The van der Waals surface area contributed by atoms with Gasteiger partial charge < -0.3 is 14.2 Å². The summed E-state index contributed by atoms with van der Waals surface area (Å²) in [5.41, 5.74) is 0.687. The lowest BCUT2D eigenvalue weighted by Gasteiger charge is -2.26. The number of ether oxygens (including phenoxy) is 3. The van der Waals surface area contributed by atoms with Crippen molar-refractivity contribution >= 4 is 29.6 Å². The summed E-state index contributed by atoms with van der Waals surface area (Å²) in [5.74, 6) is 0.109. The SMILES string of the molecule is C=CCOc1ccc(/C=C2/C(=O)NC(=O)N(c3ccc(OCCC)cc3)C2=O)cc1OCC. The maximum absolute atomic E-state index is 13.1. The molecule has 8 nitrogen and oxygen atoms in total. The van der Waals surface area contributed by atoms with Gasteiger partial charge in [-0.15, -0.1) is 0 Å². The van der Waals surface area contributed by atoms with E-state index < -0.39 is 17.8 Å². The fraction of sp³-hybridized carbons (Fsp3) is 0.240. The van der Waals surface area contributed by atoms with E-state index >= 15 is 0 Å². The standard InChI is InChI=1S/C25H26N2O6/c1-4-13-32-19-10-8-18(9-11-19)27-24(29)20(23(28)26-25(27)30)15-17-7-12-21(33-14-5-2)22(16-17)31-6-3/h5,7-12,15-16H,2,4,6,13-14H2,1,3H3,(H,26,28,30)/b20-15-. The topological polar surface area (TPSA) is 94.2 Å². The summed E-state index contributed by atoms with van der Waals surface area (Å²) in [6, 6.07) is 10.7. The van der Waals surface area contributed by atoms with Crippen LogP contribution in [0.1, 0.15) is 25.8 Å². The predicted molar refractivity (Wildman–Crippen MR) is 125 cm³/mol. The Balaban J connectivity index is 1.90. The van der Waals surface area contributed by atoms with Crippen molar-refractivity contribution in [1.29, 1.82) is 0 Å². The molecule has 1 aliphatic heterocycles. The maximum atomic E-state index is 13.1. The highest BCUT2D eigenvalue weighted by Gasteiger charge is 2.36. The molecule has 0 saturated carbocycles. The first-order valence-electron chi connectivity index (χ1n) is 10.6. The zero-order valence-corrected chi connectivity index (χ0v) is 18.6. The molecule has 1 aliphatic rings. The number of carbonyl (C=O) groups excluding carboxylic acids is 3. The minimum Gasteiger partial charge on any atom is -0.494 e. The van der Waals surface area contributed by atoms with Crippen molar-refractivity contribution in [3.8, 4) is 17.2 Å². The number of nitrogens with zero attached hydrogens (tertiary/aromatic N) is 1. The summed E-state index contributed by atoms with van der Waals surface area (Å²) in [7, 11) is 0. The van der Waals surface area contributed by atoms with E-state index in [4.69, 9.17) is 14.2 Å². The first-order chi connectivity index (χ1) is 16.0. The predicted octanol–water partition coefficient (Wildman–Crippen LogP) is 4.11. The number of barbiturate groups is 1. The van der Waals surface area contributed by atoms with Crippen LogP contribution >= 0.6 is 0 Å². The molecule has 0 radical (unpaired) electrons. The van der Waals surface area contributed by atoms with Gasteiger partial charge in [0, 0.05) is 0 Å². The lowest BCUT2D eigenvalue weighted by atomic mass is 10.1. The quantitative estimate of drug-likeness (QED) is 0.333. The summed E-state index contributed by atoms with van der Waals surface area (Å²) in [6.45, 7) is 8.73. The number of nitrogens with one attached hydrogen (secondary N) is 1. The van der Waals surface area contributed by atoms with Crippen LogP contribution in [-0.2, 0) is 9.59 Å². The molecule has 0 spiro atoms. The monoisotopic (exact) mass is 450 g/mol. The second-order valence-corrected chi connectivity index (χ2v) is 7.04. The Labute approximate surface area is 192 Å². The Morgan fingerprint density at radius 1 is 0.970 bits per heavy atom. The molecule has 1 fully saturated rings. The average molecular weight is 450 g/mol. The third-order valence-corrected chi connectivity index (χ3v) is 4.60. The van der Waals surface area contributed by atoms with Crippen LogP contribution in [0.15, 0.2) is 60.7 Å². The highest BCUT2D eigenvalue weighted by Crippen LogP contribution is 2.30. The molecule has 0 aromatic heterocycles. The lowest BCUT2D eigenvalue weighted by Crippen LogP contribution is -2.54. The normalized spacial score (nSPS) is 14.8. The van der Waals surface area contributed by atoms with Crippen LogP contribution in [0.5, 0.6) is 17.2 Å². The Morgan fingerprint density at radius 3 is 2.39 bits per heavy atom. The van der Waals surface area contributed by atoms with Gasteiger partial charge in [0.25, 0.3) is 11.8 Å². The van der Waals surface area contributed by atoms with Crippen LogP contribution in [0.4, 0.5) is 10.5 Å². The summed E-state index contributed by atoms with van der Waals surface area (Å²) in [4.78, 5) is 38.9. The number of rotatable bonds is 10. The molecule has 33 heavy (non-hydrogen) atoms. The van der Waals surface area contributed by atoms with Crippen molar-refractivity contribution in [1.82, 2.24) is 5.32 Å². The molecule has 1 saturated heterocycles. The van der Waals surface area contributed by atoms with E-state index in [1.54, 1.807) is 48.5 Å². The molecule has 4 amide bonds. The van der Waals surface area contributed by atoms with Gasteiger partial charge in [-0.25, -0.2) is 9.69 Å². The van der Waals surface area contributed by atoms with Gasteiger partial charge in [-0.2, -0.15) is 0 Å². The third-order valence-electron chi connectivity index (χ3n) is 4.60. The Hall–Kier alpha value is -4.07. The van der Waals surface area contributed by atoms with E-state index in [9.17, 15) is 14.4 Å². The first-order valence-corrected chi connectivity index (χ1v) is 10.6. The van der Waals surface area contributed by atoms with Crippen molar-refractivity contribution in [2.75, 3.05) is 24.7 Å². The summed E-state index contributed by atoms with van der Waals surface area (Å²) in [6.07, 6.45) is 3.89. The number of urea groups is 1. The smallest absolute Gasteiger partial charge is 0.335 e. The Morgan fingerprint density at radius 2 is 1.73 bits per heavy atom. The number of benzene rings is 2. The highest BCUT2D eigenvalue weighted by molar-refractivity contribution is 6.39. The molecule has 1 N–H and O–H groups in total. The minimum absolute atomic E-state index is 0.178. The molecule has 2 aromatic carbocycles. The lowest BCUT2D eigenvalue weighted by molar-refractivity contribution is -0.122. The molecule has 0 bridgehead atoms. The van der Waals surface area contributed by atoms with Gasteiger partial charge in [0.2, 0.25) is 0 Å². The van der Waals surface area contributed by atoms with E-state index in [0.717, 1.165) is 11.3 Å². The van der Waals surface area contributed by atoms with Gasteiger partial charge in [-0.1, -0.05) is 25.6 Å². The maximum Gasteiger partial charge on any atom is 0.335 e. The van der Waals surface area contributed by atoms with E-state index in [1.165, 1.54) is 6.08 Å². The van der Waals surface area contributed by atoms with Gasteiger partial charge in [0.1, 0.15) is 17.9 Å². The number of hydrogen-bond acceptors (Lipinski definition) is 6. The molecule has 8 heteroatoms. The fourth-order valence-corrected chi connectivity index (χ4v) is 3.12. The average Bonchev–Trinajstić information content (AvgIpc) is 2.81. The van der Waals surface area contributed by atoms with E-state index in [-0.39, 0.29) is 5.57 Å². The number of amides is 4. The Bertz CT molecular complexity index is 1070. The largest absolute Gasteiger partial charge is 0.494 e. The van der Waals surface area contributed by atoms with Gasteiger partial charge in [-0.3, -0.25) is 14.9 Å². The molecule has 0 atom stereocenters. The summed E-state index contributed by atoms with van der Waals surface area (Å²) >= 11 is 0. The van der Waals surface area contributed by atoms with E-state index in [1.807, 2.05) is 13.8 Å². The molecule has 1 heterocycles. The van der Waals surface area contributed by atoms with Crippen molar-refractivity contribution in [2.45, 2.75) is 20.3 Å². The molecular weight excluding hydrogens is 424 g/mol. The van der Waals surface area contributed by atoms with Crippen LogP contribution in [-0.4, -0.2) is 37.7 Å². The van der Waals surface area contributed by atoms with Crippen molar-refractivity contribution in [2.24, 2.45) is 0 Å². The van der Waals surface area contributed by atoms with Gasteiger partial charge in [-0.05, 0) is 61.4 Å². The Kier molecular flexibility index (Phi) is 7.86. The number of hydrogen-bond donors (Lipinski definition) is 1.